The summed E-state index contributed by atoms with van der Waals surface area (Å²) in [7, 11) is 2.07. The Hall–Kier alpha value is -0.870. The zero-order valence-electron chi connectivity index (χ0n) is 10.3. The van der Waals surface area contributed by atoms with Crippen LogP contribution in [-0.4, -0.2) is 28.6 Å². The monoisotopic (exact) mass is 241 g/mol. The summed E-state index contributed by atoms with van der Waals surface area (Å²) in [5.41, 5.74) is 0.146. The highest BCUT2D eigenvalue weighted by molar-refractivity contribution is 7.13. The van der Waals surface area contributed by atoms with Gasteiger partial charge in [0.2, 0.25) is 0 Å². The Kier molecular flexibility index (Phi) is 4.10. The van der Waals surface area contributed by atoms with Crippen LogP contribution in [0.4, 0.5) is 0 Å². The SMILES string of the molecule is CCC(C)(C)N(C)Cc1ccc(C(=O)O)s1. The molecule has 1 rings (SSSR count). The second-order valence-electron chi connectivity index (χ2n) is 4.59. The van der Waals surface area contributed by atoms with E-state index in [9.17, 15) is 4.79 Å². The van der Waals surface area contributed by atoms with Crippen molar-refractivity contribution in [2.45, 2.75) is 39.3 Å². The number of aromatic carboxylic acids is 1. The van der Waals surface area contributed by atoms with Crippen LogP contribution in [-0.2, 0) is 6.54 Å². The number of nitrogens with zero attached hydrogens (tertiary/aromatic N) is 1. The quantitative estimate of drug-likeness (QED) is 0.861. The molecule has 0 aliphatic heterocycles. The molecule has 1 aromatic rings. The van der Waals surface area contributed by atoms with Gasteiger partial charge in [-0.3, -0.25) is 4.90 Å². The molecule has 0 radical (unpaired) electrons. The standard InChI is InChI=1S/C12H19NO2S/c1-5-12(2,3)13(4)8-9-6-7-10(16-9)11(14)15/h6-7H,5,8H2,1-4H3,(H,14,15). The van der Waals surface area contributed by atoms with Gasteiger partial charge in [0.25, 0.3) is 0 Å². The van der Waals surface area contributed by atoms with E-state index in [2.05, 4.69) is 32.7 Å². The first-order valence-electron chi connectivity index (χ1n) is 5.40. The Morgan fingerprint density at radius 3 is 2.56 bits per heavy atom. The minimum atomic E-state index is -0.839. The van der Waals surface area contributed by atoms with Crippen LogP contribution < -0.4 is 0 Å². The summed E-state index contributed by atoms with van der Waals surface area (Å²) in [4.78, 5) is 14.5. The lowest BCUT2D eigenvalue weighted by molar-refractivity contribution is 0.0702. The minimum Gasteiger partial charge on any atom is -0.477 e. The van der Waals surface area contributed by atoms with Crippen molar-refractivity contribution in [2.75, 3.05) is 7.05 Å². The lowest BCUT2D eigenvalue weighted by Gasteiger charge is -2.34. The predicted molar refractivity (Wildman–Crippen MR) is 67.1 cm³/mol. The number of rotatable bonds is 5. The summed E-state index contributed by atoms with van der Waals surface area (Å²) in [6, 6.07) is 3.57. The van der Waals surface area contributed by atoms with Gasteiger partial charge in [-0.1, -0.05) is 6.92 Å². The van der Waals surface area contributed by atoms with E-state index in [0.717, 1.165) is 17.8 Å². The molecule has 0 atom stereocenters. The van der Waals surface area contributed by atoms with Gasteiger partial charge < -0.3 is 5.11 Å². The first-order chi connectivity index (χ1) is 7.36. The minimum absolute atomic E-state index is 0.146. The Labute approximate surface area is 101 Å². The lowest BCUT2D eigenvalue weighted by Crippen LogP contribution is -2.39. The molecule has 0 amide bonds. The van der Waals surface area contributed by atoms with Crippen molar-refractivity contribution in [3.63, 3.8) is 0 Å². The molecule has 0 unspecified atom stereocenters. The topological polar surface area (TPSA) is 40.5 Å². The maximum Gasteiger partial charge on any atom is 0.345 e. The van der Waals surface area contributed by atoms with Gasteiger partial charge in [0.15, 0.2) is 0 Å². The van der Waals surface area contributed by atoms with E-state index in [4.69, 9.17) is 5.11 Å². The maximum atomic E-state index is 10.7. The van der Waals surface area contributed by atoms with Gasteiger partial charge in [-0.05, 0) is 39.4 Å². The highest BCUT2D eigenvalue weighted by Crippen LogP contribution is 2.23. The van der Waals surface area contributed by atoms with Gasteiger partial charge >= 0.3 is 5.97 Å². The molecule has 0 bridgehead atoms. The number of carbonyl (C=O) groups is 1. The van der Waals surface area contributed by atoms with Crippen molar-refractivity contribution in [2.24, 2.45) is 0 Å². The number of hydrogen-bond donors (Lipinski definition) is 1. The van der Waals surface area contributed by atoms with Crippen molar-refractivity contribution >= 4 is 17.3 Å². The fourth-order valence-electron chi connectivity index (χ4n) is 1.30. The van der Waals surface area contributed by atoms with Crippen LogP contribution in [0.15, 0.2) is 12.1 Å². The molecule has 1 aromatic heterocycles. The van der Waals surface area contributed by atoms with Gasteiger partial charge in [0.05, 0.1) is 0 Å². The van der Waals surface area contributed by atoms with Crippen LogP contribution in [0.5, 0.6) is 0 Å². The first kappa shape index (κ1) is 13.2. The largest absolute Gasteiger partial charge is 0.477 e. The van der Waals surface area contributed by atoms with Gasteiger partial charge in [0.1, 0.15) is 4.88 Å². The molecule has 0 spiro atoms. The van der Waals surface area contributed by atoms with E-state index in [-0.39, 0.29) is 5.54 Å². The third-order valence-electron chi connectivity index (χ3n) is 3.16. The smallest absolute Gasteiger partial charge is 0.345 e. The van der Waals surface area contributed by atoms with E-state index in [1.807, 2.05) is 6.07 Å². The normalized spacial score (nSPS) is 12.1. The molecule has 0 fully saturated rings. The van der Waals surface area contributed by atoms with Crippen LogP contribution in [0.3, 0.4) is 0 Å². The Bertz CT molecular complexity index is 371. The molecular weight excluding hydrogens is 222 g/mol. The second kappa shape index (κ2) is 4.97. The average molecular weight is 241 g/mol. The van der Waals surface area contributed by atoms with Crippen molar-refractivity contribution in [3.05, 3.63) is 21.9 Å². The summed E-state index contributed by atoms with van der Waals surface area (Å²) in [5.74, 6) is -0.839. The van der Waals surface area contributed by atoms with E-state index < -0.39 is 5.97 Å². The summed E-state index contributed by atoms with van der Waals surface area (Å²) in [6.07, 6.45) is 1.07. The van der Waals surface area contributed by atoms with Crippen LogP contribution in [0.1, 0.15) is 41.7 Å². The number of hydrogen-bond acceptors (Lipinski definition) is 3. The summed E-state index contributed by atoms with van der Waals surface area (Å²) < 4.78 is 0. The van der Waals surface area contributed by atoms with E-state index >= 15 is 0 Å². The van der Waals surface area contributed by atoms with Gasteiger partial charge in [-0.25, -0.2) is 4.79 Å². The molecule has 0 saturated carbocycles. The molecule has 0 saturated heterocycles. The zero-order chi connectivity index (χ0) is 12.3. The Morgan fingerprint density at radius 2 is 2.12 bits per heavy atom. The van der Waals surface area contributed by atoms with Crippen molar-refractivity contribution in [1.29, 1.82) is 0 Å². The molecule has 3 nitrogen and oxygen atoms in total. The van der Waals surface area contributed by atoms with Crippen LogP contribution in [0.25, 0.3) is 0 Å². The highest BCUT2D eigenvalue weighted by atomic mass is 32.1. The van der Waals surface area contributed by atoms with Gasteiger partial charge in [-0.15, -0.1) is 11.3 Å². The van der Waals surface area contributed by atoms with Gasteiger partial charge in [-0.2, -0.15) is 0 Å². The molecule has 4 heteroatoms. The molecule has 0 aliphatic carbocycles. The number of carboxylic acid groups (broad SMARTS) is 1. The third-order valence-corrected chi connectivity index (χ3v) is 4.22. The van der Waals surface area contributed by atoms with Gasteiger partial charge in [0, 0.05) is 17.0 Å². The number of thiophene rings is 1. The molecular formula is C12H19NO2S. The predicted octanol–water partition coefficient (Wildman–Crippen LogP) is 3.07. The third kappa shape index (κ3) is 3.06. The summed E-state index contributed by atoms with van der Waals surface area (Å²) >= 11 is 1.35. The fraction of sp³-hybridized carbons (Fsp3) is 0.583. The van der Waals surface area contributed by atoms with Crippen molar-refractivity contribution < 1.29 is 9.90 Å². The zero-order valence-corrected chi connectivity index (χ0v) is 11.1. The Morgan fingerprint density at radius 1 is 1.50 bits per heavy atom. The van der Waals surface area contributed by atoms with Crippen molar-refractivity contribution in [3.8, 4) is 0 Å². The van der Waals surface area contributed by atoms with Crippen molar-refractivity contribution in [1.82, 2.24) is 4.90 Å². The Balaban J connectivity index is 2.70. The fourth-order valence-corrected chi connectivity index (χ4v) is 2.20. The molecule has 1 heterocycles. The van der Waals surface area contributed by atoms with Crippen LogP contribution >= 0.6 is 11.3 Å². The summed E-state index contributed by atoms with van der Waals surface area (Å²) in [5, 5.41) is 8.84. The molecule has 0 aromatic carbocycles. The maximum absolute atomic E-state index is 10.7. The molecule has 1 N–H and O–H groups in total. The van der Waals surface area contributed by atoms with E-state index in [1.54, 1.807) is 6.07 Å². The highest BCUT2D eigenvalue weighted by Gasteiger charge is 2.21. The first-order valence-corrected chi connectivity index (χ1v) is 6.21. The van der Waals surface area contributed by atoms with E-state index in [1.165, 1.54) is 11.3 Å². The average Bonchev–Trinajstić information content (AvgIpc) is 2.66. The van der Waals surface area contributed by atoms with Crippen LogP contribution in [0.2, 0.25) is 0 Å². The van der Waals surface area contributed by atoms with E-state index in [0.29, 0.717) is 4.88 Å². The second-order valence-corrected chi connectivity index (χ2v) is 5.76. The molecule has 16 heavy (non-hydrogen) atoms. The number of carboxylic acids is 1. The molecule has 90 valence electrons. The lowest BCUT2D eigenvalue weighted by atomic mass is 10.00. The summed E-state index contributed by atoms with van der Waals surface area (Å²) in [6.45, 7) is 7.35. The van der Waals surface area contributed by atoms with Crippen LogP contribution in [0, 0.1) is 0 Å². The molecule has 0 aliphatic rings.